The van der Waals surface area contributed by atoms with Crippen molar-refractivity contribution >= 4 is 8.25 Å². The van der Waals surface area contributed by atoms with Crippen LogP contribution in [-0.2, 0) is 13.6 Å². The smallest absolute Gasteiger partial charge is 0.300 e. The predicted molar refractivity (Wildman–Crippen MR) is 84.7 cm³/mol. The highest BCUT2D eigenvalue weighted by Gasteiger charge is 2.54. The van der Waals surface area contributed by atoms with Gasteiger partial charge in [0, 0.05) is 0 Å². The molecule has 0 spiro atoms. The Hall–Kier alpha value is -0.410. The molecule has 0 amide bonds. The third kappa shape index (κ3) is 6.29. The lowest BCUT2D eigenvalue weighted by atomic mass is 9.81. The predicted octanol–water partition coefficient (Wildman–Crippen LogP) is 6.62. The normalized spacial score (nSPS) is 36.3. The molecule has 12 heteroatoms. The van der Waals surface area contributed by atoms with E-state index in [2.05, 4.69) is 0 Å². The summed E-state index contributed by atoms with van der Waals surface area (Å²) < 4.78 is 128. The van der Waals surface area contributed by atoms with Crippen LogP contribution in [0.3, 0.4) is 0 Å². The summed E-state index contributed by atoms with van der Waals surface area (Å²) in [6.07, 6.45) is -17.8. The summed E-state index contributed by atoms with van der Waals surface area (Å²) in [5, 5.41) is 0. The van der Waals surface area contributed by atoms with Crippen LogP contribution < -0.4 is 0 Å². The second-order valence-electron chi connectivity index (χ2n) is 7.59. The summed E-state index contributed by atoms with van der Waals surface area (Å²) in [6.45, 7) is 0. The second-order valence-corrected chi connectivity index (χ2v) is 8.50. The minimum absolute atomic E-state index is 0.172. The van der Waals surface area contributed by atoms with Crippen LogP contribution in [0.5, 0.6) is 0 Å². The molecule has 0 saturated heterocycles. The molecule has 0 radical (unpaired) electrons. The minimum Gasteiger partial charge on any atom is -0.300 e. The molecule has 0 aromatic rings. The van der Waals surface area contributed by atoms with Gasteiger partial charge in [0.15, 0.2) is 0 Å². The third-order valence-electron chi connectivity index (χ3n) is 5.33. The first kappa shape index (κ1) is 23.9. The van der Waals surface area contributed by atoms with E-state index in [1.807, 2.05) is 0 Å². The third-order valence-corrected chi connectivity index (χ3v) is 6.48. The molecule has 2 aliphatic carbocycles. The first-order valence-corrected chi connectivity index (χ1v) is 10.3. The molecule has 0 heterocycles. The van der Waals surface area contributed by atoms with Crippen LogP contribution in [0, 0.1) is 0 Å². The Morgan fingerprint density at radius 1 is 0.750 bits per heavy atom. The van der Waals surface area contributed by atoms with Gasteiger partial charge in [0.05, 0.1) is 12.8 Å². The van der Waals surface area contributed by atoms with Gasteiger partial charge in [-0.25, -0.2) is 8.78 Å². The average Bonchev–Trinajstić information content (AvgIpc) is 2.50. The molecule has 0 bridgehead atoms. The van der Waals surface area contributed by atoms with E-state index < -0.39 is 69.8 Å². The van der Waals surface area contributed by atoms with Crippen LogP contribution in [0.2, 0.25) is 0 Å². The van der Waals surface area contributed by atoms with Crippen LogP contribution in [-0.4, -0.2) is 35.9 Å². The van der Waals surface area contributed by atoms with Gasteiger partial charge in [-0.2, -0.15) is 26.3 Å². The van der Waals surface area contributed by atoms with E-state index in [1.165, 1.54) is 0 Å². The van der Waals surface area contributed by atoms with Crippen molar-refractivity contribution in [2.45, 2.75) is 100 Å². The van der Waals surface area contributed by atoms with E-state index in [-0.39, 0.29) is 25.7 Å². The molecule has 166 valence electrons. The molecule has 0 aromatic heterocycles. The maximum Gasteiger partial charge on any atom is 0.391 e. The highest BCUT2D eigenvalue weighted by atomic mass is 31.1. The highest BCUT2D eigenvalue weighted by Crippen LogP contribution is 2.52. The van der Waals surface area contributed by atoms with Crippen LogP contribution in [0.15, 0.2) is 0 Å². The van der Waals surface area contributed by atoms with Gasteiger partial charge in [0.25, 0.3) is 0 Å². The van der Waals surface area contributed by atoms with Gasteiger partial charge in [0.2, 0.25) is 0 Å². The molecule has 28 heavy (non-hydrogen) atoms. The first-order valence-electron chi connectivity index (χ1n) is 9.11. The number of rotatable bonds is 6. The Morgan fingerprint density at radius 3 is 1.39 bits per heavy atom. The fraction of sp³-hybridized carbons (Fsp3) is 1.00. The zero-order valence-corrected chi connectivity index (χ0v) is 16.0. The SMILES string of the molecule is O=[PH](OC1(CC(F)(F)F)CCCCC1F)OC1(CC(F)(F)F)CCCCC1F. The molecule has 3 nitrogen and oxygen atoms in total. The molecule has 2 aliphatic rings. The summed E-state index contributed by atoms with van der Waals surface area (Å²) in [7, 11) is -4.04. The molecule has 0 N–H and O–H groups in total. The van der Waals surface area contributed by atoms with Gasteiger partial charge in [-0.15, -0.1) is 0 Å². The topological polar surface area (TPSA) is 35.5 Å². The van der Waals surface area contributed by atoms with E-state index in [0.717, 1.165) is 0 Å². The van der Waals surface area contributed by atoms with Gasteiger partial charge >= 0.3 is 20.6 Å². The largest absolute Gasteiger partial charge is 0.391 e. The Labute approximate surface area is 158 Å². The fourth-order valence-electron chi connectivity index (χ4n) is 4.07. The maximum absolute atomic E-state index is 14.4. The van der Waals surface area contributed by atoms with Crippen LogP contribution in [0.25, 0.3) is 0 Å². The quantitative estimate of drug-likeness (QED) is 0.340. The summed E-state index contributed by atoms with van der Waals surface area (Å²) in [5.41, 5.74) is -4.99. The lowest BCUT2D eigenvalue weighted by Crippen LogP contribution is -2.49. The molecule has 0 aliphatic heterocycles. The van der Waals surface area contributed by atoms with Crippen molar-refractivity contribution in [3.05, 3.63) is 0 Å². The first-order chi connectivity index (χ1) is 12.8. The molecule has 0 aromatic carbocycles. The van der Waals surface area contributed by atoms with E-state index in [4.69, 9.17) is 9.05 Å². The van der Waals surface area contributed by atoms with Crippen LogP contribution in [0.4, 0.5) is 35.1 Å². The van der Waals surface area contributed by atoms with Crippen molar-refractivity contribution in [1.82, 2.24) is 0 Å². The minimum atomic E-state index is -4.85. The van der Waals surface area contributed by atoms with Crippen molar-refractivity contribution in [3.63, 3.8) is 0 Å². The van der Waals surface area contributed by atoms with E-state index >= 15 is 0 Å². The Balaban J connectivity index is 2.21. The van der Waals surface area contributed by atoms with Crippen LogP contribution >= 0.6 is 8.25 Å². The Bertz CT molecular complexity index is 509. The van der Waals surface area contributed by atoms with Gasteiger partial charge < -0.3 is 9.05 Å². The summed E-state index contributed by atoms with van der Waals surface area (Å²) in [4.78, 5) is 0. The van der Waals surface area contributed by atoms with Gasteiger partial charge in [-0.05, 0) is 25.7 Å². The number of alkyl halides is 8. The Morgan fingerprint density at radius 2 is 1.11 bits per heavy atom. The van der Waals surface area contributed by atoms with Crippen molar-refractivity contribution in [1.29, 1.82) is 0 Å². The second kappa shape index (κ2) is 8.76. The van der Waals surface area contributed by atoms with Gasteiger partial charge in [0.1, 0.15) is 23.5 Å². The summed E-state index contributed by atoms with van der Waals surface area (Å²) in [6, 6.07) is 0. The van der Waals surface area contributed by atoms with Crippen LogP contribution in [0.1, 0.15) is 64.2 Å². The lowest BCUT2D eigenvalue weighted by Gasteiger charge is -2.43. The van der Waals surface area contributed by atoms with E-state index in [0.29, 0.717) is 12.8 Å². The molecular weight excluding hydrogens is 423 g/mol. The number of halogens is 8. The monoisotopic (exact) mass is 446 g/mol. The Kier molecular flexibility index (Phi) is 7.46. The van der Waals surface area contributed by atoms with Gasteiger partial charge in [-0.3, -0.25) is 4.57 Å². The molecule has 2 saturated carbocycles. The number of hydrogen-bond acceptors (Lipinski definition) is 3. The number of hydrogen-bond donors (Lipinski definition) is 0. The van der Waals surface area contributed by atoms with Crippen molar-refractivity contribution in [3.8, 4) is 0 Å². The molecule has 2 rings (SSSR count). The van der Waals surface area contributed by atoms with Crippen molar-refractivity contribution in [2.24, 2.45) is 0 Å². The van der Waals surface area contributed by atoms with Gasteiger partial charge in [-0.1, -0.05) is 25.7 Å². The van der Waals surface area contributed by atoms with E-state index in [9.17, 15) is 39.7 Å². The maximum atomic E-state index is 14.4. The summed E-state index contributed by atoms with van der Waals surface area (Å²) in [5.74, 6) is 0. The molecule has 4 atom stereocenters. The standard InChI is InChI=1S/C16H23F8O3P/c17-11-5-1-3-7-13(11,9-15(19,20)21)26-28(25)27-14(10-16(22,23)24)8-4-2-6-12(14)18/h11-12,28H,1-10H2. The van der Waals surface area contributed by atoms with Crippen molar-refractivity contribution < 1.29 is 48.7 Å². The lowest BCUT2D eigenvalue weighted by molar-refractivity contribution is -0.200. The highest BCUT2D eigenvalue weighted by molar-refractivity contribution is 7.33. The molecule has 4 unspecified atom stereocenters. The summed E-state index contributed by atoms with van der Waals surface area (Å²) >= 11 is 0. The zero-order chi connectivity index (χ0) is 21.2. The average molecular weight is 446 g/mol. The fourth-order valence-corrected chi connectivity index (χ4v) is 5.38. The van der Waals surface area contributed by atoms with E-state index in [1.54, 1.807) is 0 Å². The van der Waals surface area contributed by atoms with Crippen molar-refractivity contribution in [2.75, 3.05) is 0 Å². The molecular formula is C16H23F8O3P. The molecule has 2 fully saturated rings. The zero-order valence-electron chi connectivity index (χ0n) is 15.0.